The van der Waals surface area contributed by atoms with Gasteiger partial charge < -0.3 is 10.2 Å². The molecule has 0 spiro atoms. The maximum absolute atomic E-state index is 12.6. The Morgan fingerprint density at radius 1 is 1.06 bits per heavy atom. The summed E-state index contributed by atoms with van der Waals surface area (Å²) in [5.41, 5.74) is 3.57. The summed E-state index contributed by atoms with van der Waals surface area (Å²) in [6, 6.07) is 18.5. The maximum Gasteiger partial charge on any atom is 0.222 e. The number of hydrogen-bond donors (Lipinski definition) is 1. The summed E-state index contributed by atoms with van der Waals surface area (Å²) >= 11 is 1.42. The summed E-state index contributed by atoms with van der Waals surface area (Å²) in [6.07, 6.45) is 1.15. The smallest absolute Gasteiger partial charge is 0.222 e. The molecule has 6 heteroatoms. The van der Waals surface area contributed by atoms with E-state index in [-0.39, 0.29) is 11.9 Å². The first-order valence-corrected chi connectivity index (χ1v) is 11.7. The third-order valence-electron chi connectivity index (χ3n) is 5.08. The third-order valence-corrected chi connectivity index (χ3v) is 5.90. The number of amides is 1. The quantitative estimate of drug-likeness (QED) is 0.476. The number of aromatic nitrogens is 2. The van der Waals surface area contributed by atoms with Crippen LogP contribution in [-0.4, -0.2) is 28.4 Å². The van der Waals surface area contributed by atoms with Crippen LogP contribution in [0.25, 0.3) is 0 Å². The molecule has 1 amide bonds. The van der Waals surface area contributed by atoms with Crippen molar-refractivity contribution in [2.75, 3.05) is 18.0 Å². The zero-order valence-electron chi connectivity index (χ0n) is 18.8. The lowest BCUT2D eigenvalue weighted by Gasteiger charge is -2.23. The molecule has 5 nitrogen and oxygen atoms in total. The van der Waals surface area contributed by atoms with Crippen molar-refractivity contribution in [2.24, 2.45) is 5.92 Å². The number of rotatable bonds is 10. The van der Waals surface area contributed by atoms with Crippen LogP contribution in [0.1, 0.15) is 55.7 Å². The van der Waals surface area contributed by atoms with Crippen molar-refractivity contribution in [2.45, 2.75) is 46.6 Å². The minimum atomic E-state index is -0.00473. The van der Waals surface area contributed by atoms with Crippen LogP contribution in [0.5, 0.6) is 0 Å². The van der Waals surface area contributed by atoms with Crippen molar-refractivity contribution < 1.29 is 4.79 Å². The Balaban J connectivity index is 1.59. The van der Waals surface area contributed by atoms with Gasteiger partial charge in [-0.1, -0.05) is 74.0 Å². The van der Waals surface area contributed by atoms with E-state index in [0.29, 0.717) is 18.9 Å². The van der Waals surface area contributed by atoms with Crippen molar-refractivity contribution in [3.63, 3.8) is 0 Å². The number of carbonyl (C=O) groups is 1. The highest BCUT2D eigenvalue weighted by Crippen LogP contribution is 2.21. The predicted molar refractivity (Wildman–Crippen MR) is 129 cm³/mol. The van der Waals surface area contributed by atoms with Crippen molar-refractivity contribution in [3.8, 4) is 0 Å². The van der Waals surface area contributed by atoms with Crippen LogP contribution in [0, 0.1) is 12.8 Å². The molecular weight excluding hydrogens is 404 g/mol. The van der Waals surface area contributed by atoms with E-state index in [0.717, 1.165) is 29.5 Å². The lowest BCUT2D eigenvalue weighted by molar-refractivity contribution is -0.121. The third kappa shape index (κ3) is 7.17. The lowest BCUT2D eigenvalue weighted by atomic mass is 10.1. The van der Waals surface area contributed by atoms with E-state index < -0.39 is 0 Å². The zero-order chi connectivity index (χ0) is 22.2. The van der Waals surface area contributed by atoms with Gasteiger partial charge in [0.15, 0.2) is 0 Å². The molecule has 1 unspecified atom stereocenters. The van der Waals surface area contributed by atoms with Crippen LogP contribution in [0.3, 0.4) is 0 Å². The molecule has 3 rings (SSSR count). The van der Waals surface area contributed by atoms with Gasteiger partial charge in [-0.25, -0.2) is 4.98 Å². The summed E-state index contributed by atoms with van der Waals surface area (Å²) in [4.78, 5) is 19.5. The van der Waals surface area contributed by atoms with Gasteiger partial charge >= 0.3 is 0 Å². The van der Waals surface area contributed by atoms with E-state index in [4.69, 9.17) is 4.98 Å². The molecule has 1 aromatic heterocycles. The predicted octanol–water partition coefficient (Wildman–Crippen LogP) is 5.17. The minimum absolute atomic E-state index is 0.00473. The van der Waals surface area contributed by atoms with E-state index in [1.54, 1.807) is 0 Å². The number of benzene rings is 2. The minimum Gasteiger partial charge on any atom is -0.350 e. The van der Waals surface area contributed by atoms with E-state index in [9.17, 15) is 4.79 Å². The number of anilines is 1. The zero-order valence-corrected chi connectivity index (χ0v) is 19.7. The van der Waals surface area contributed by atoms with Crippen molar-refractivity contribution in [1.29, 1.82) is 0 Å². The Labute approximate surface area is 189 Å². The molecule has 0 saturated carbocycles. The average molecular weight is 437 g/mol. The second-order valence-corrected chi connectivity index (χ2v) is 9.18. The standard InChI is InChI=1S/C25H32N4OS/c1-18(2)17-29(15-14-24(30)26-20(4)22-8-6-5-7-9-22)25-27-23(28-31-25)16-21-12-10-19(3)11-13-21/h5-13,18,20H,14-17H2,1-4H3,(H,26,30). The summed E-state index contributed by atoms with van der Waals surface area (Å²) in [5.74, 6) is 1.35. The summed E-state index contributed by atoms with van der Waals surface area (Å²) in [7, 11) is 0. The van der Waals surface area contributed by atoms with Crippen molar-refractivity contribution in [3.05, 3.63) is 77.1 Å². The monoisotopic (exact) mass is 436 g/mol. The van der Waals surface area contributed by atoms with E-state index in [1.165, 1.54) is 22.7 Å². The molecule has 0 bridgehead atoms. The molecule has 0 saturated heterocycles. The van der Waals surface area contributed by atoms with Crippen LogP contribution >= 0.6 is 11.5 Å². The van der Waals surface area contributed by atoms with E-state index >= 15 is 0 Å². The highest BCUT2D eigenvalue weighted by atomic mass is 32.1. The summed E-state index contributed by atoms with van der Waals surface area (Å²) in [5, 5.41) is 3.99. The molecule has 3 aromatic rings. The molecule has 0 radical (unpaired) electrons. The van der Waals surface area contributed by atoms with E-state index in [1.807, 2.05) is 37.3 Å². The molecule has 1 N–H and O–H groups in total. The highest BCUT2D eigenvalue weighted by molar-refractivity contribution is 7.09. The fraction of sp³-hybridized carbons (Fsp3) is 0.400. The molecule has 31 heavy (non-hydrogen) atoms. The molecule has 1 atom stereocenters. The van der Waals surface area contributed by atoms with Gasteiger partial charge in [-0.3, -0.25) is 4.79 Å². The van der Waals surface area contributed by atoms with Crippen LogP contribution in [0.15, 0.2) is 54.6 Å². The Morgan fingerprint density at radius 2 is 1.77 bits per heavy atom. The summed E-state index contributed by atoms with van der Waals surface area (Å²) in [6.45, 7) is 9.94. The van der Waals surface area contributed by atoms with Gasteiger partial charge in [-0.15, -0.1) is 0 Å². The highest BCUT2D eigenvalue weighted by Gasteiger charge is 2.17. The number of hydrogen-bond acceptors (Lipinski definition) is 5. The van der Waals surface area contributed by atoms with Gasteiger partial charge in [0.05, 0.1) is 6.04 Å². The van der Waals surface area contributed by atoms with Gasteiger partial charge in [-0.2, -0.15) is 4.37 Å². The normalized spacial score (nSPS) is 12.0. The van der Waals surface area contributed by atoms with Crippen molar-refractivity contribution >= 4 is 22.6 Å². The summed E-state index contributed by atoms with van der Waals surface area (Å²) < 4.78 is 4.57. The largest absolute Gasteiger partial charge is 0.350 e. The second kappa shape index (κ2) is 11.0. The van der Waals surface area contributed by atoms with Gasteiger partial charge in [0.2, 0.25) is 11.0 Å². The maximum atomic E-state index is 12.6. The second-order valence-electron chi connectivity index (χ2n) is 8.45. The first-order chi connectivity index (χ1) is 14.9. The van der Waals surface area contributed by atoms with Gasteiger partial charge in [0.25, 0.3) is 0 Å². The Hall–Kier alpha value is -2.73. The molecule has 2 aromatic carbocycles. The Kier molecular flexibility index (Phi) is 8.18. The van der Waals surface area contributed by atoms with Crippen LogP contribution in [0.2, 0.25) is 0 Å². The topological polar surface area (TPSA) is 58.1 Å². The fourth-order valence-corrected chi connectivity index (χ4v) is 4.13. The first-order valence-electron chi connectivity index (χ1n) is 10.9. The first kappa shape index (κ1) is 22.9. The van der Waals surface area contributed by atoms with Crippen LogP contribution < -0.4 is 10.2 Å². The molecular formula is C25H32N4OS. The van der Waals surface area contributed by atoms with Gasteiger partial charge in [-0.05, 0) is 30.9 Å². The van der Waals surface area contributed by atoms with Crippen LogP contribution in [0.4, 0.5) is 5.13 Å². The number of carbonyl (C=O) groups excluding carboxylic acids is 1. The van der Waals surface area contributed by atoms with Crippen LogP contribution in [-0.2, 0) is 11.2 Å². The molecule has 0 aliphatic carbocycles. The average Bonchev–Trinajstić information content (AvgIpc) is 3.21. The Bertz CT molecular complexity index is 953. The molecule has 1 heterocycles. The van der Waals surface area contributed by atoms with Gasteiger partial charge in [0, 0.05) is 37.5 Å². The fourth-order valence-electron chi connectivity index (χ4n) is 3.41. The molecule has 0 aliphatic heterocycles. The van der Waals surface area contributed by atoms with E-state index in [2.05, 4.69) is 59.6 Å². The molecule has 0 aliphatic rings. The van der Waals surface area contributed by atoms with Gasteiger partial charge in [0.1, 0.15) is 5.82 Å². The lowest BCUT2D eigenvalue weighted by Crippen LogP contribution is -2.34. The number of nitrogens with one attached hydrogen (secondary N) is 1. The van der Waals surface area contributed by atoms with Crippen molar-refractivity contribution in [1.82, 2.24) is 14.7 Å². The SMILES string of the molecule is Cc1ccc(Cc2nsc(N(CCC(=O)NC(C)c3ccccc3)CC(C)C)n2)cc1. The molecule has 164 valence electrons. The Morgan fingerprint density at radius 3 is 2.45 bits per heavy atom. The molecule has 0 fully saturated rings. The number of aryl methyl sites for hydroxylation is 1. The number of nitrogens with zero attached hydrogens (tertiary/aromatic N) is 3.